The molecule has 0 fully saturated rings. The third kappa shape index (κ3) is 3.04. The number of nitro groups is 1. The molecule has 2 aromatic rings. The first kappa shape index (κ1) is 12.9. The molecule has 0 saturated carbocycles. The molecule has 0 bridgehead atoms. The van der Waals surface area contributed by atoms with Gasteiger partial charge in [-0.2, -0.15) is 0 Å². The van der Waals surface area contributed by atoms with Crippen molar-refractivity contribution in [2.24, 2.45) is 0 Å². The Labute approximate surface area is 110 Å². The molecule has 0 radical (unpaired) electrons. The number of anilines is 1. The molecule has 19 heavy (non-hydrogen) atoms. The Morgan fingerprint density at radius 2 is 2.05 bits per heavy atom. The average molecular weight is 258 g/mol. The zero-order valence-electron chi connectivity index (χ0n) is 10.7. The SMILES string of the molecule is Cc1cc(NC(C)c2ccncc2)ncc1[N+](=O)[O-]. The average Bonchev–Trinajstić information content (AvgIpc) is 2.39. The number of nitrogens with one attached hydrogen (secondary N) is 1. The Morgan fingerprint density at radius 3 is 2.63 bits per heavy atom. The summed E-state index contributed by atoms with van der Waals surface area (Å²) in [5.74, 6) is 0.618. The van der Waals surface area contributed by atoms with E-state index >= 15 is 0 Å². The highest BCUT2D eigenvalue weighted by Gasteiger charge is 2.12. The summed E-state index contributed by atoms with van der Waals surface area (Å²) in [5, 5.41) is 13.9. The highest BCUT2D eigenvalue weighted by atomic mass is 16.6. The quantitative estimate of drug-likeness (QED) is 0.673. The smallest absolute Gasteiger partial charge is 0.290 e. The molecule has 1 unspecified atom stereocenters. The first-order valence-corrected chi connectivity index (χ1v) is 5.85. The summed E-state index contributed by atoms with van der Waals surface area (Å²) < 4.78 is 0. The van der Waals surface area contributed by atoms with Gasteiger partial charge >= 0.3 is 0 Å². The van der Waals surface area contributed by atoms with Gasteiger partial charge in [-0.15, -0.1) is 0 Å². The minimum atomic E-state index is -0.432. The molecule has 1 N–H and O–H groups in total. The van der Waals surface area contributed by atoms with Crippen LogP contribution in [0.2, 0.25) is 0 Å². The van der Waals surface area contributed by atoms with Gasteiger partial charge in [-0.1, -0.05) is 0 Å². The monoisotopic (exact) mass is 258 g/mol. The maximum atomic E-state index is 10.7. The van der Waals surface area contributed by atoms with E-state index in [-0.39, 0.29) is 11.7 Å². The van der Waals surface area contributed by atoms with E-state index in [9.17, 15) is 10.1 Å². The summed E-state index contributed by atoms with van der Waals surface area (Å²) in [4.78, 5) is 18.3. The van der Waals surface area contributed by atoms with E-state index in [1.54, 1.807) is 25.4 Å². The molecule has 0 spiro atoms. The largest absolute Gasteiger partial charge is 0.364 e. The van der Waals surface area contributed by atoms with Gasteiger partial charge in [0.2, 0.25) is 0 Å². The third-order valence-electron chi connectivity index (χ3n) is 2.85. The molecule has 98 valence electrons. The second kappa shape index (κ2) is 5.43. The van der Waals surface area contributed by atoms with E-state index in [1.165, 1.54) is 6.20 Å². The van der Waals surface area contributed by atoms with E-state index in [2.05, 4.69) is 15.3 Å². The lowest BCUT2D eigenvalue weighted by atomic mass is 10.1. The van der Waals surface area contributed by atoms with E-state index in [4.69, 9.17) is 0 Å². The summed E-state index contributed by atoms with van der Waals surface area (Å²) in [6.45, 7) is 3.69. The number of aryl methyl sites for hydroxylation is 1. The van der Waals surface area contributed by atoms with Crippen LogP contribution in [-0.2, 0) is 0 Å². The minimum Gasteiger partial charge on any atom is -0.364 e. The molecule has 0 amide bonds. The van der Waals surface area contributed by atoms with E-state index in [1.807, 2.05) is 19.1 Å². The van der Waals surface area contributed by atoms with E-state index in [0.717, 1.165) is 5.56 Å². The van der Waals surface area contributed by atoms with Crippen LogP contribution in [0.15, 0.2) is 36.8 Å². The van der Waals surface area contributed by atoms with Crippen LogP contribution in [0.3, 0.4) is 0 Å². The van der Waals surface area contributed by atoms with E-state index in [0.29, 0.717) is 11.4 Å². The number of nitrogens with zero attached hydrogens (tertiary/aromatic N) is 3. The molecule has 2 aromatic heterocycles. The van der Waals surface area contributed by atoms with Crippen LogP contribution in [0, 0.1) is 17.0 Å². The third-order valence-corrected chi connectivity index (χ3v) is 2.85. The standard InChI is InChI=1S/C13H14N4O2/c1-9-7-13(15-8-12(9)17(18)19)16-10(2)11-3-5-14-6-4-11/h3-8,10H,1-2H3,(H,15,16). The van der Waals surface area contributed by atoms with Crippen molar-refractivity contribution >= 4 is 11.5 Å². The highest BCUT2D eigenvalue weighted by molar-refractivity contribution is 5.47. The fraction of sp³-hybridized carbons (Fsp3) is 0.231. The minimum absolute atomic E-state index is 0.0297. The second-order valence-electron chi connectivity index (χ2n) is 4.26. The number of hydrogen-bond acceptors (Lipinski definition) is 5. The van der Waals surface area contributed by atoms with Gasteiger partial charge in [-0.25, -0.2) is 4.98 Å². The van der Waals surface area contributed by atoms with Gasteiger partial charge in [0.1, 0.15) is 12.0 Å². The van der Waals surface area contributed by atoms with Crippen LogP contribution in [0.1, 0.15) is 24.1 Å². The van der Waals surface area contributed by atoms with Crippen molar-refractivity contribution in [2.75, 3.05) is 5.32 Å². The zero-order chi connectivity index (χ0) is 13.8. The first-order valence-electron chi connectivity index (χ1n) is 5.85. The van der Waals surface area contributed by atoms with Crippen LogP contribution in [0.4, 0.5) is 11.5 Å². The van der Waals surface area contributed by atoms with Crippen LogP contribution >= 0.6 is 0 Å². The lowest BCUT2D eigenvalue weighted by molar-refractivity contribution is -0.385. The number of rotatable bonds is 4. The van der Waals surface area contributed by atoms with Crippen molar-refractivity contribution in [1.82, 2.24) is 9.97 Å². The summed E-state index contributed by atoms with van der Waals surface area (Å²) >= 11 is 0. The van der Waals surface area contributed by atoms with Gasteiger partial charge in [0, 0.05) is 18.0 Å². The molecule has 0 aromatic carbocycles. The summed E-state index contributed by atoms with van der Waals surface area (Å²) in [6.07, 6.45) is 4.72. The Balaban J connectivity index is 2.16. The fourth-order valence-electron chi connectivity index (χ4n) is 1.78. The lowest BCUT2D eigenvalue weighted by Crippen LogP contribution is -2.08. The van der Waals surface area contributed by atoms with Gasteiger partial charge in [-0.05, 0) is 37.6 Å². The molecular weight excluding hydrogens is 244 g/mol. The normalized spacial score (nSPS) is 11.9. The topological polar surface area (TPSA) is 81.0 Å². The molecule has 0 aliphatic rings. The maximum Gasteiger partial charge on any atom is 0.290 e. The second-order valence-corrected chi connectivity index (χ2v) is 4.26. The fourth-order valence-corrected chi connectivity index (χ4v) is 1.78. The Bertz CT molecular complexity index is 586. The van der Waals surface area contributed by atoms with Crippen molar-refractivity contribution in [1.29, 1.82) is 0 Å². The van der Waals surface area contributed by atoms with Crippen molar-refractivity contribution in [2.45, 2.75) is 19.9 Å². The Morgan fingerprint density at radius 1 is 1.37 bits per heavy atom. The zero-order valence-corrected chi connectivity index (χ0v) is 10.7. The van der Waals surface area contributed by atoms with Crippen LogP contribution in [0.5, 0.6) is 0 Å². The summed E-state index contributed by atoms with van der Waals surface area (Å²) in [7, 11) is 0. The van der Waals surface area contributed by atoms with Crippen LogP contribution in [0.25, 0.3) is 0 Å². The molecule has 6 heteroatoms. The number of pyridine rings is 2. The van der Waals surface area contributed by atoms with Crippen LogP contribution in [-0.4, -0.2) is 14.9 Å². The van der Waals surface area contributed by atoms with Crippen LogP contribution < -0.4 is 5.32 Å². The number of aromatic nitrogens is 2. The van der Waals surface area contributed by atoms with Crippen molar-refractivity contribution in [3.63, 3.8) is 0 Å². The van der Waals surface area contributed by atoms with Gasteiger partial charge in [0.25, 0.3) is 5.69 Å². The summed E-state index contributed by atoms with van der Waals surface area (Å²) in [6, 6.07) is 5.55. The molecule has 2 rings (SSSR count). The Hall–Kier alpha value is -2.50. The molecule has 2 heterocycles. The predicted molar refractivity (Wildman–Crippen MR) is 71.9 cm³/mol. The molecule has 1 atom stereocenters. The lowest BCUT2D eigenvalue weighted by Gasteiger charge is -2.14. The molecule has 0 aliphatic heterocycles. The van der Waals surface area contributed by atoms with Gasteiger partial charge in [-0.3, -0.25) is 15.1 Å². The van der Waals surface area contributed by atoms with Gasteiger partial charge in [0.15, 0.2) is 0 Å². The van der Waals surface area contributed by atoms with Crippen molar-refractivity contribution < 1.29 is 4.92 Å². The molecular formula is C13H14N4O2. The Kier molecular flexibility index (Phi) is 3.70. The van der Waals surface area contributed by atoms with Crippen molar-refractivity contribution in [3.05, 3.63) is 58.0 Å². The van der Waals surface area contributed by atoms with E-state index < -0.39 is 4.92 Å². The summed E-state index contributed by atoms with van der Waals surface area (Å²) in [5.41, 5.74) is 1.69. The molecule has 6 nitrogen and oxygen atoms in total. The molecule has 0 aliphatic carbocycles. The number of hydrogen-bond donors (Lipinski definition) is 1. The van der Waals surface area contributed by atoms with Crippen molar-refractivity contribution in [3.8, 4) is 0 Å². The van der Waals surface area contributed by atoms with Gasteiger partial charge < -0.3 is 5.32 Å². The van der Waals surface area contributed by atoms with Gasteiger partial charge in [0.05, 0.1) is 11.0 Å². The highest BCUT2D eigenvalue weighted by Crippen LogP contribution is 2.22. The first-order chi connectivity index (χ1) is 9.08. The maximum absolute atomic E-state index is 10.7. The predicted octanol–water partition coefficient (Wildman–Crippen LogP) is 2.87. The molecule has 0 saturated heterocycles.